The third kappa shape index (κ3) is 4.67. The van der Waals surface area contributed by atoms with Gasteiger partial charge in [-0.2, -0.15) is 0 Å². The topological polar surface area (TPSA) is 50.1 Å². The van der Waals surface area contributed by atoms with Crippen LogP contribution in [-0.4, -0.2) is 50.6 Å². The average Bonchev–Trinajstić information content (AvgIpc) is 3.09. The maximum atomic E-state index is 4.65. The van der Waals surface area contributed by atoms with Crippen LogP contribution in [0.5, 0.6) is 0 Å². The second kappa shape index (κ2) is 8.38. The first kappa shape index (κ1) is 18.4. The summed E-state index contributed by atoms with van der Waals surface area (Å²) in [4.78, 5) is 18.5. The summed E-state index contributed by atoms with van der Waals surface area (Å²) in [5.74, 6) is 3.53. The molecule has 0 saturated carbocycles. The molecule has 2 saturated heterocycles. The molecule has 1 atom stereocenters. The van der Waals surface area contributed by atoms with E-state index in [-0.39, 0.29) is 0 Å². The molecule has 0 spiro atoms. The van der Waals surface area contributed by atoms with Crippen LogP contribution >= 0.6 is 0 Å². The molecule has 4 heterocycles. The van der Waals surface area contributed by atoms with Gasteiger partial charge in [0, 0.05) is 56.5 Å². The Morgan fingerprint density at radius 2 is 1.81 bits per heavy atom. The van der Waals surface area contributed by atoms with Gasteiger partial charge in [0.15, 0.2) is 0 Å². The summed E-state index contributed by atoms with van der Waals surface area (Å²) in [5.41, 5.74) is 1.23. The molecule has 0 radical (unpaired) electrons. The van der Waals surface area contributed by atoms with Crippen molar-refractivity contribution in [1.29, 1.82) is 0 Å². The molecule has 27 heavy (non-hydrogen) atoms. The molecule has 0 amide bonds. The average molecular weight is 369 g/mol. The van der Waals surface area contributed by atoms with E-state index in [1.54, 1.807) is 0 Å². The van der Waals surface area contributed by atoms with E-state index in [1.807, 2.05) is 18.6 Å². The Morgan fingerprint density at radius 3 is 2.48 bits per heavy atom. The predicted molar refractivity (Wildman–Crippen MR) is 108 cm³/mol. The van der Waals surface area contributed by atoms with Crippen LogP contribution in [0.4, 0.5) is 5.95 Å². The number of anilines is 1. The van der Waals surface area contributed by atoms with E-state index in [2.05, 4.69) is 49.4 Å². The van der Waals surface area contributed by atoms with Gasteiger partial charge in [-0.05, 0) is 57.5 Å². The second-order valence-electron chi connectivity index (χ2n) is 8.43. The van der Waals surface area contributed by atoms with Crippen molar-refractivity contribution in [2.45, 2.75) is 52.6 Å². The van der Waals surface area contributed by atoms with Gasteiger partial charge in [-0.25, -0.2) is 15.0 Å². The summed E-state index contributed by atoms with van der Waals surface area (Å²) in [5, 5.41) is 0. The Kier molecular flexibility index (Phi) is 5.72. The van der Waals surface area contributed by atoms with Gasteiger partial charge < -0.3 is 9.47 Å². The highest BCUT2D eigenvalue weighted by Gasteiger charge is 2.21. The number of piperidine rings is 2. The summed E-state index contributed by atoms with van der Waals surface area (Å²) in [6.45, 7) is 11.0. The number of likely N-dealkylation sites (tertiary alicyclic amines) is 1. The fourth-order valence-electron chi connectivity index (χ4n) is 4.42. The monoisotopic (exact) mass is 368 g/mol. The summed E-state index contributed by atoms with van der Waals surface area (Å²) in [6.07, 6.45) is 13.1. The molecule has 4 rings (SSSR count). The highest BCUT2D eigenvalue weighted by Crippen LogP contribution is 2.22. The lowest BCUT2D eigenvalue weighted by Gasteiger charge is -2.32. The number of rotatable bonds is 5. The third-order valence-electron chi connectivity index (χ3n) is 6.12. The number of nitrogens with zero attached hydrogens (tertiary/aromatic N) is 6. The molecular weight excluding hydrogens is 336 g/mol. The Labute approximate surface area is 162 Å². The van der Waals surface area contributed by atoms with Gasteiger partial charge in [0.1, 0.15) is 5.82 Å². The Balaban J connectivity index is 1.26. The minimum atomic E-state index is 0.745. The summed E-state index contributed by atoms with van der Waals surface area (Å²) in [7, 11) is 0. The molecule has 2 aliphatic heterocycles. The van der Waals surface area contributed by atoms with Gasteiger partial charge in [0.25, 0.3) is 0 Å². The molecule has 2 aromatic heterocycles. The fraction of sp³-hybridized carbons (Fsp3) is 0.667. The van der Waals surface area contributed by atoms with E-state index in [4.69, 9.17) is 0 Å². The van der Waals surface area contributed by atoms with Gasteiger partial charge >= 0.3 is 0 Å². The Morgan fingerprint density at radius 1 is 1.04 bits per heavy atom. The lowest BCUT2D eigenvalue weighted by Crippen LogP contribution is -2.36. The van der Waals surface area contributed by atoms with Crippen LogP contribution in [0.1, 0.15) is 44.0 Å². The van der Waals surface area contributed by atoms with Crippen LogP contribution in [-0.2, 0) is 13.1 Å². The first-order valence-corrected chi connectivity index (χ1v) is 10.4. The van der Waals surface area contributed by atoms with E-state index >= 15 is 0 Å². The molecule has 1 unspecified atom stereocenters. The minimum Gasteiger partial charge on any atom is -0.341 e. The molecule has 2 fully saturated rings. The van der Waals surface area contributed by atoms with Crippen LogP contribution in [0.15, 0.2) is 24.8 Å². The lowest BCUT2D eigenvalue weighted by atomic mass is 9.96. The largest absolute Gasteiger partial charge is 0.341 e. The van der Waals surface area contributed by atoms with Crippen molar-refractivity contribution >= 4 is 5.95 Å². The summed E-state index contributed by atoms with van der Waals surface area (Å²) >= 11 is 0. The first-order valence-electron chi connectivity index (χ1n) is 10.4. The molecule has 2 aromatic rings. The normalized spacial score (nSPS) is 22.3. The first-order chi connectivity index (χ1) is 13.2. The van der Waals surface area contributed by atoms with Crippen LogP contribution in [0.3, 0.4) is 0 Å². The number of hydrogen-bond acceptors (Lipinski definition) is 5. The maximum Gasteiger partial charge on any atom is 0.225 e. The van der Waals surface area contributed by atoms with Crippen molar-refractivity contribution in [2.24, 2.45) is 11.8 Å². The maximum absolute atomic E-state index is 4.65. The molecule has 146 valence electrons. The Bertz CT molecular complexity index is 717. The molecule has 0 N–H and O–H groups in total. The smallest absolute Gasteiger partial charge is 0.225 e. The van der Waals surface area contributed by atoms with Crippen molar-refractivity contribution in [3.63, 3.8) is 0 Å². The highest BCUT2D eigenvalue weighted by atomic mass is 15.3. The molecule has 0 bridgehead atoms. The van der Waals surface area contributed by atoms with Gasteiger partial charge in [0.2, 0.25) is 5.95 Å². The van der Waals surface area contributed by atoms with Crippen LogP contribution in [0.2, 0.25) is 0 Å². The standard InChI is InChI=1S/C21H32N6/c1-17-4-3-8-27(14-17)21-23-12-20(13-24-21)15-25-9-5-19(6-10-25)16-26-11-7-22-18(26)2/h7,11-13,17,19H,3-6,8-10,14-16H2,1-2H3. The molecule has 0 aromatic carbocycles. The molecule has 0 aliphatic carbocycles. The van der Waals surface area contributed by atoms with Gasteiger partial charge in [-0.3, -0.25) is 4.90 Å². The quantitative estimate of drug-likeness (QED) is 0.811. The van der Waals surface area contributed by atoms with Crippen molar-refractivity contribution in [1.82, 2.24) is 24.4 Å². The molecule has 2 aliphatic rings. The van der Waals surface area contributed by atoms with E-state index < -0.39 is 0 Å². The number of aromatic nitrogens is 4. The third-order valence-corrected chi connectivity index (χ3v) is 6.12. The number of aryl methyl sites for hydroxylation is 1. The van der Waals surface area contributed by atoms with Crippen molar-refractivity contribution in [3.05, 3.63) is 36.2 Å². The SMILES string of the molecule is Cc1nccn1CC1CCN(Cc2cnc(N3CCCC(C)C3)nc2)CC1. The zero-order valence-corrected chi connectivity index (χ0v) is 16.7. The molecule has 6 heteroatoms. The highest BCUT2D eigenvalue weighted by molar-refractivity contribution is 5.30. The van der Waals surface area contributed by atoms with E-state index in [9.17, 15) is 0 Å². The van der Waals surface area contributed by atoms with Crippen LogP contribution < -0.4 is 4.90 Å². The van der Waals surface area contributed by atoms with Crippen LogP contribution in [0, 0.1) is 18.8 Å². The number of imidazole rings is 1. The fourth-order valence-corrected chi connectivity index (χ4v) is 4.42. The van der Waals surface area contributed by atoms with Crippen LogP contribution in [0.25, 0.3) is 0 Å². The van der Waals surface area contributed by atoms with Gasteiger partial charge in [-0.1, -0.05) is 6.92 Å². The van der Waals surface area contributed by atoms with Gasteiger partial charge in [-0.15, -0.1) is 0 Å². The summed E-state index contributed by atoms with van der Waals surface area (Å²) in [6, 6.07) is 0. The van der Waals surface area contributed by atoms with E-state index in [1.165, 1.54) is 31.2 Å². The second-order valence-corrected chi connectivity index (χ2v) is 8.43. The zero-order chi connectivity index (χ0) is 18.6. The summed E-state index contributed by atoms with van der Waals surface area (Å²) < 4.78 is 2.29. The zero-order valence-electron chi connectivity index (χ0n) is 16.7. The lowest BCUT2D eigenvalue weighted by molar-refractivity contribution is 0.166. The number of hydrogen-bond donors (Lipinski definition) is 0. The molecular formula is C21H32N6. The van der Waals surface area contributed by atoms with Gasteiger partial charge in [0.05, 0.1) is 0 Å². The molecule has 6 nitrogen and oxygen atoms in total. The van der Waals surface area contributed by atoms with Crippen molar-refractivity contribution in [2.75, 3.05) is 31.1 Å². The predicted octanol–water partition coefficient (Wildman–Crippen LogP) is 3.13. The van der Waals surface area contributed by atoms with Crippen molar-refractivity contribution < 1.29 is 0 Å². The van der Waals surface area contributed by atoms with E-state index in [0.717, 1.165) is 62.9 Å². The minimum absolute atomic E-state index is 0.745. The van der Waals surface area contributed by atoms with E-state index in [0.29, 0.717) is 0 Å². The Hall–Kier alpha value is -1.95. The van der Waals surface area contributed by atoms with Crippen molar-refractivity contribution in [3.8, 4) is 0 Å².